The molecule has 2 aromatic carbocycles. The van der Waals surface area contributed by atoms with Crippen molar-refractivity contribution in [2.75, 3.05) is 0 Å². The van der Waals surface area contributed by atoms with E-state index in [0.29, 0.717) is 5.56 Å². The molecule has 0 N–H and O–H groups in total. The highest BCUT2D eigenvalue weighted by Crippen LogP contribution is 2.32. The Balaban J connectivity index is 2.37. The minimum Gasteiger partial charge on any atom is -0.166 e. The largest absolute Gasteiger partial charge is 0.416 e. The van der Waals surface area contributed by atoms with E-state index in [9.17, 15) is 13.2 Å². The number of alkyl halides is 3. The van der Waals surface area contributed by atoms with Crippen molar-refractivity contribution in [2.24, 2.45) is 5.41 Å². The molecular weight excluding hydrogens is 273 g/mol. The minimum atomic E-state index is -4.31. The molecule has 0 unspecified atom stereocenters. The summed E-state index contributed by atoms with van der Waals surface area (Å²) in [7, 11) is 0. The number of halogens is 3. The van der Waals surface area contributed by atoms with E-state index in [1.54, 1.807) is 6.07 Å². The van der Waals surface area contributed by atoms with Gasteiger partial charge in [-0.25, -0.2) is 0 Å². The third-order valence-corrected chi connectivity index (χ3v) is 3.18. The Hall–Kier alpha value is -1.77. The van der Waals surface area contributed by atoms with Crippen molar-refractivity contribution in [3.63, 3.8) is 0 Å². The molecule has 2 aromatic rings. The highest BCUT2D eigenvalue weighted by atomic mass is 19.4. The summed E-state index contributed by atoms with van der Waals surface area (Å²) in [6.45, 7) is 6.43. The fraction of sp³-hybridized carbons (Fsp3) is 0.333. The first-order chi connectivity index (χ1) is 9.65. The zero-order valence-corrected chi connectivity index (χ0v) is 12.5. The molecule has 0 radical (unpaired) electrons. The predicted molar refractivity (Wildman–Crippen MR) is 80.0 cm³/mol. The van der Waals surface area contributed by atoms with Crippen LogP contribution in [0.5, 0.6) is 0 Å². The van der Waals surface area contributed by atoms with E-state index < -0.39 is 11.7 Å². The lowest BCUT2D eigenvalue weighted by Crippen LogP contribution is -2.09. The number of rotatable bonds is 2. The van der Waals surface area contributed by atoms with Crippen LogP contribution in [0.15, 0.2) is 48.5 Å². The van der Waals surface area contributed by atoms with E-state index in [-0.39, 0.29) is 5.41 Å². The molecule has 0 saturated carbocycles. The topological polar surface area (TPSA) is 0 Å². The molecule has 2 rings (SSSR count). The van der Waals surface area contributed by atoms with E-state index in [4.69, 9.17) is 0 Å². The van der Waals surface area contributed by atoms with Crippen LogP contribution in [0.25, 0.3) is 11.1 Å². The molecule has 0 spiro atoms. The highest BCUT2D eigenvalue weighted by molar-refractivity contribution is 5.65. The van der Waals surface area contributed by atoms with Gasteiger partial charge in [0.2, 0.25) is 0 Å². The molecule has 0 heterocycles. The van der Waals surface area contributed by atoms with Crippen LogP contribution in [-0.4, -0.2) is 0 Å². The van der Waals surface area contributed by atoms with Crippen molar-refractivity contribution < 1.29 is 13.2 Å². The zero-order valence-electron chi connectivity index (χ0n) is 12.5. The van der Waals surface area contributed by atoms with Crippen molar-refractivity contribution in [3.05, 3.63) is 59.7 Å². The van der Waals surface area contributed by atoms with Gasteiger partial charge in [-0.15, -0.1) is 0 Å². The second-order valence-electron chi connectivity index (χ2n) is 6.52. The lowest BCUT2D eigenvalue weighted by atomic mass is 9.87. The SMILES string of the molecule is CC(C)(C)Cc1cccc(-c2cccc(C(F)(F)F)c2)c1. The summed E-state index contributed by atoms with van der Waals surface area (Å²) in [4.78, 5) is 0. The van der Waals surface area contributed by atoms with Gasteiger partial charge >= 0.3 is 6.18 Å². The van der Waals surface area contributed by atoms with Crippen molar-refractivity contribution in [1.82, 2.24) is 0 Å². The first-order valence-electron chi connectivity index (χ1n) is 6.92. The standard InChI is InChI=1S/C18H19F3/c1-17(2,3)12-13-6-4-7-14(10-13)15-8-5-9-16(11-15)18(19,20)21/h4-11H,12H2,1-3H3. The summed E-state index contributed by atoms with van der Waals surface area (Å²) in [5.74, 6) is 0. The Labute approximate surface area is 123 Å². The number of benzene rings is 2. The maximum absolute atomic E-state index is 12.8. The molecule has 0 aromatic heterocycles. The molecule has 3 heteroatoms. The lowest BCUT2D eigenvalue weighted by Gasteiger charge is -2.18. The Morgan fingerprint density at radius 1 is 0.810 bits per heavy atom. The summed E-state index contributed by atoms with van der Waals surface area (Å²) in [5, 5.41) is 0. The maximum Gasteiger partial charge on any atom is 0.416 e. The molecule has 0 bridgehead atoms. The van der Waals surface area contributed by atoms with E-state index in [2.05, 4.69) is 20.8 Å². The average molecular weight is 292 g/mol. The van der Waals surface area contributed by atoms with Crippen LogP contribution >= 0.6 is 0 Å². The maximum atomic E-state index is 12.8. The van der Waals surface area contributed by atoms with E-state index in [1.807, 2.05) is 24.3 Å². The quantitative estimate of drug-likeness (QED) is 0.640. The Kier molecular flexibility index (Phi) is 4.13. The first kappa shape index (κ1) is 15.6. The Morgan fingerprint density at radius 3 is 1.95 bits per heavy atom. The van der Waals surface area contributed by atoms with E-state index in [1.165, 1.54) is 12.1 Å². The predicted octanol–water partition coefficient (Wildman–Crippen LogP) is 5.96. The van der Waals surface area contributed by atoms with Crippen LogP contribution in [0.2, 0.25) is 0 Å². The van der Waals surface area contributed by atoms with Crippen molar-refractivity contribution in [1.29, 1.82) is 0 Å². The van der Waals surface area contributed by atoms with Crippen LogP contribution < -0.4 is 0 Å². The lowest BCUT2D eigenvalue weighted by molar-refractivity contribution is -0.137. The Bertz CT molecular complexity index is 619. The Morgan fingerprint density at radius 2 is 1.38 bits per heavy atom. The van der Waals surface area contributed by atoms with Crippen molar-refractivity contribution in [3.8, 4) is 11.1 Å². The smallest absolute Gasteiger partial charge is 0.166 e. The fourth-order valence-corrected chi connectivity index (χ4v) is 2.35. The number of hydrogen-bond acceptors (Lipinski definition) is 0. The monoisotopic (exact) mass is 292 g/mol. The van der Waals surface area contributed by atoms with Gasteiger partial charge in [0.1, 0.15) is 0 Å². The van der Waals surface area contributed by atoms with E-state index >= 15 is 0 Å². The van der Waals surface area contributed by atoms with Gasteiger partial charge < -0.3 is 0 Å². The molecule has 0 amide bonds. The highest BCUT2D eigenvalue weighted by Gasteiger charge is 2.30. The van der Waals surface area contributed by atoms with Crippen molar-refractivity contribution in [2.45, 2.75) is 33.4 Å². The van der Waals surface area contributed by atoms with Crippen molar-refractivity contribution >= 4 is 0 Å². The van der Waals surface area contributed by atoms with Crippen LogP contribution in [-0.2, 0) is 12.6 Å². The van der Waals surface area contributed by atoms with Crippen LogP contribution in [0.1, 0.15) is 31.9 Å². The molecule has 0 nitrogen and oxygen atoms in total. The molecule has 21 heavy (non-hydrogen) atoms. The van der Waals surface area contributed by atoms with E-state index in [0.717, 1.165) is 23.6 Å². The summed E-state index contributed by atoms with van der Waals surface area (Å²) < 4.78 is 38.4. The second-order valence-corrected chi connectivity index (χ2v) is 6.52. The summed E-state index contributed by atoms with van der Waals surface area (Å²) in [6.07, 6.45) is -3.42. The normalized spacial score (nSPS) is 12.5. The van der Waals surface area contributed by atoms with Gasteiger partial charge in [-0.05, 0) is 40.7 Å². The van der Waals surface area contributed by atoms with Gasteiger partial charge in [0.05, 0.1) is 5.56 Å². The van der Waals surface area contributed by atoms with Gasteiger partial charge in [0.25, 0.3) is 0 Å². The molecular formula is C18H19F3. The molecule has 0 aliphatic heterocycles. The minimum absolute atomic E-state index is 0.145. The molecule has 0 atom stereocenters. The van der Waals surface area contributed by atoms with Gasteiger partial charge in [-0.2, -0.15) is 13.2 Å². The van der Waals surface area contributed by atoms with Gasteiger partial charge in [-0.3, -0.25) is 0 Å². The van der Waals surface area contributed by atoms with Crippen LogP contribution in [0.4, 0.5) is 13.2 Å². The van der Waals surface area contributed by atoms with Crippen LogP contribution in [0, 0.1) is 5.41 Å². The zero-order chi connectivity index (χ0) is 15.7. The third-order valence-electron chi connectivity index (χ3n) is 3.18. The first-order valence-corrected chi connectivity index (χ1v) is 6.92. The van der Waals surface area contributed by atoms with Gasteiger partial charge in [-0.1, -0.05) is 57.2 Å². The number of hydrogen-bond donors (Lipinski definition) is 0. The summed E-state index contributed by atoms with van der Waals surface area (Å²) in [5.41, 5.74) is 2.09. The van der Waals surface area contributed by atoms with Crippen LogP contribution in [0.3, 0.4) is 0 Å². The van der Waals surface area contributed by atoms with Gasteiger partial charge in [0.15, 0.2) is 0 Å². The molecule has 0 fully saturated rings. The third kappa shape index (κ3) is 4.35. The molecule has 0 saturated heterocycles. The molecule has 112 valence electrons. The summed E-state index contributed by atoms with van der Waals surface area (Å²) >= 11 is 0. The molecule has 0 aliphatic rings. The molecule has 0 aliphatic carbocycles. The summed E-state index contributed by atoms with van der Waals surface area (Å²) in [6, 6.07) is 13.2. The average Bonchev–Trinajstić information content (AvgIpc) is 2.36. The second kappa shape index (κ2) is 5.55. The fourth-order valence-electron chi connectivity index (χ4n) is 2.35. The van der Waals surface area contributed by atoms with Gasteiger partial charge in [0, 0.05) is 0 Å².